The van der Waals surface area contributed by atoms with E-state index in [-0.39, 0.29) is 4.90 Å². The lowest BCUT2D eigenvalue weighted by molar-refractivity contribution is 0.262. The van der Waals surface area contributed by atoms with E-state index in [1.165, 1.54) is 12.1 Å². The van der Waals surface area contributed by atoms with Gasteiger partial charge in [-0.05, 0) is 54.3 Å². The summed E-state index contributed by atoms with van der Waals surface area (Å²) in [4.78, 5) is 12.5. The van der Waals surface area contributed by atoms with Gasteiger partial charge in [-0.25, -0.2) is 13.2 Å². The zero-order valence-corrected chi connectivity index (χ0v) is 17.6. The molecule has 0 aliphatic carbocycles. The van der Waals surface area contributed by atoms with E-state index in [1.54, 1.807) is 24.3 Å². The van der Waals surface area contributed by atoms with E-state index in [0.29, 0.717) is 17.1 Å². The summed E-state index contributed by atoms with van der Waals surface area (Å²) < 4.78 is 27.9. The highest BCUT2D eigenvalue weighted by atomic mass is 32.2. The molecule has 4 aromatic carbocycles. The van der Waals surface area contributed by atoms with Gasteiger partial charge in [-0.3, -0.25) is 4.72 Å². The minimum absolute atomic E-state index is 0.107. The molecule has 7 heteroatoms. The fourth-order valence-corrected chi connectivity index (χ4v) is 4.36. The molecule has 0 heterocycles. The number of nitrogens with one attached hydrogen (secondary N) is 3. The van der Waals surface area contributed by atoms with Crippen LogP contribution in [0.1, 0.15) is 5.56 Å². The van der Waals surface area contributed by atoms with Crippen molar-refractivity contribution in [2.24, 2.45) is 0 Å². The molecule has 0 aliphatic rings. The number of hydrogen-bond acceptors (Lipinski definition) is 3. The summed E-state index contributed by atoms with van der Waals surface area (Å²) in [6, 6.07) is 26.2. The monoisotopic (exact) mass is 431 g/mol. The van der Waals surface area contributed by atoms with Crippen molar-refractivity contribution < 1.29 is 13.2 Å². The van der Waals surface area contributed by atoms with Crippen LogP contribution in [0.4, 0.5) is 21.9 Å². The number of anilines is 3. The summed E-state index contributed by atoms with van der Waals surface area (Å²) in [7, 11) is -3.73. The molecule has 0 atom stereocenters. The van der Waals surface area contributed by atoms with Crippen molar-refractivity contribution in [3.8, 4) is 0 Å². The zero-order valence-electron chi connectivity index (χ0n) is 16.8. The molecule has 0 unspecified atom stereocenters. The van der Waals surface area contributed by atoms with Gasteiger partial charge in [-0.1, -0.05) is 54.6 Å². The van der Waals surface area contributed by atoms with Crippen molar-refractivity contribution in [1.82, 2.24) is 0 Å². The molecule has 0 spiro atoms. The number of amides is 2. The Kier molecular flexibility index (Phi) is 5.60. The third-order valence-electron chi connectivity index (χ3n) is 4.85. The van der Waals surface area contributed by atoms with Crippen molar-refractivity contribution in [3.63, 3.8) is 0 Å². The molecule has 6 nitrogen and oxygen atoms in total. The second kappa shape index (κ2) is 8.49. The standard InChI is InChI=1S/C24H21N3O3S/c1-17-7-2-5-11-22(17)27-31(29,30)20-15-13-19(14-16-20)25-24(28)26-23-12-6-9-18-8-3-4-10-21(18)23/h2-16,27H,1H3,(H2,25,26,28). The van der Waals surface area contributed by atoms with Crippen LogP contribution in [0.3, 0.4) is 0 Å². The Labute approximate surface area is 181 Å². The molecule has 0 fully saturated rings. The summed E-state index contributed by atoms with van der Waals surface area (Å²) in [5.74, 6) is 0. The van der Waals surface area contributed by atoms with E-state index in [1.807, 2.05) is 61.5 Å². The maximum absolute atomic E-state index is 12.6. The van der Waals surface area contributed by atoms with Gasteiger partial charge < -0.3 is 10.6 Å². The smallest absolute Gasteiger partial charge is 0.308 e. The fraction of sp³-hybridized carbons (Fsp3) is 0.0417. The predicted octanol–water partition coefficient (Wildman–Crippen LogP) is 5.59. The summed E-state index contributed by atoms with van der Waals surface area (Å²) in [5.41, 5.74) is 2.53. The van der Waals surface area contributed by atoms with E-state index >= 15 is 0 Å². The van der Waals surface area contributed by atoms with Gasteiger partial charge in [0.15, 0.2) is 0 Å². The van der Waals surface area contributed by atoms with Crippen LogP contribution in [-0.4, -0.2) is 14.4 Å². The van der Waals surface area contributed by atoms with Gasteiger partial charge in [0, 0.05) is 11.1 Å². The summed E-state index contributed by atoms with van der Waals surface area (Å²) in [6.07, 6.45) is 0. The Bertz CT molecular complexity index is 1340. The highest BCUT2D eigenvalue weighted by Crippen LogP contribution is 2.24. The van der Waals surface area contributed by atoms with Crippen LogP contribution in [-0.2, 0) is 10.0 Å². The Balaban J connectivity index is 1.45. The number of para-hydroxylation sites is 1. The fourth-order valence-electron chi connectivity index (χ4n) is 3.23. The van der Waals surface area contributed by atoms with Crippen LogP contribution in [0.25, 0.3) is 10.8 Å². The molecule has 2 amide bonds. The molecule has 0 aromatic heterocycles. The zero-order chi connectivity index (χ0) is 21.8. The van der Waals surface area contributed by atoms with E-state index in [2.05, 4.69) is 15.4 Å². The average Bonchev–Trinajstić information content (AvgIpc) is 2.76. The van der Waals surface area contributed by atoms with Crippen LogP contribution < -0.4 is 15.4 Å². The molecular formula is C24H21N3O3S. The summed E-state index contributed by atoms with van der Waals surface area (Å²) in [5, 5.41) is 7.52. The Morgan fingerprint density at radius 1 is 0.710 bits per heavy atom. The van der Waals surface area contributed by atoms with Gasteiger partial charge in [0.25, 0.3) is 10.0 Å². The average molecular weight is 432 g/mol. The number of carbonyl (C=O) groups excluding carboxylic acids is 1. The van der Waals surface area contributed by atoms with Gasteiger partial charge in [-0.2, -0.15) is 0 Å². The number of rotatable bonds is 5. The van der Waals surface area contributed by atoms with Crippen molar-refractivity contribution in [1.29, 1.82) is 0 Å². The van der Waals surface area contributed by atoms with Crippen LogP contribution in [0.2, 0.25) is 0 Å². The topological polar surface area (TPSA) is 87.3 Å². The van der Waals surface area contributed by atoms with E-state index in [9.17, 15) is 13.2 Å². The molecule has 0 bridgehead atoms. The first-order valence-electron chi connectivity index (χ1n) is 9.67. The van der Waals surface area contributed by atoms with Crippen LogP contribution in [0.5, 0.6) is 0 Å². The Hall–Kier alpha value is -3.84. The van der Waals surface area contributed by atoms with Gasteiger partial charge in [0.2, 0.25) is 0 Å². The molecule has 4 aromatic rings. The van der Waals surface area contributed by atoms with E-state index in [4.69, 9.17) is 0 Å². The second-order valence-corrected chi connectivity index (χ2v) is 8.73. The van der Waals surface area contributed by atoms with E-state index in [0.717, 1.165) is 16.3 Å². The van der Waals surface area contributed by atoms with Gasteiger partial charge in [0.1, 0.15) is 0 Å². The molecule has 0 saturated carbocycles. The number of fused-ring (bicyclic) bond motifs is 1. The van der Waals surface area contributed by atoms with Gasteiger partial charge in [0.05, 0.1) is 16.3 Å². The maximum Gasteiger partial charge on any atom is 0.323 e. The lowest BCUT2D eigenvalue weighted by Gasteiger charge is -2.12. The normalized spacial score (nSPS) is 11.1. The molecule has 4 rings (SSSR count). The molecule has 0 saturated heterocycles. The Morgan fingerprint density at radius 3 is 2.13 bits per heavy atom. The van der Waals surface area contributed by atoms with Crippen molar-refractivity contribution in [3.05, 3.63) is 96.6 Å². The van der Waals surface area contributed by atoms with E-state index < -0.39 is 16.1 Å². The van der Waals surface area contributed by atoms with Crippen molar-refractivity contribution >= 4 is 43.9 Å². The largest absolute Gasteiger partial charge is 0.323 e. The van der Waals surface area contributed by atoms with Crippen molar-refractivity contribution in [2.45, 2.75) is 11.8 Å². The molecule has 0 radical (unpaired) electrons. The molecule has 156 valence electrons. The number of urea groups is 1. The Morgan fingerprint density at radius 2 is 1.35 bits per heavy atom. The number of aryl methyl sites for hydroxylation is 1. The first kappa shape index (κ1) is 20.4. The molecular weight excluding hydrogens is 410 g/mol. The van der Waals surface area contributed by atoms with Crippen LogP contribution >= 0.6 is 0 Å². The third kappa shape index (κ3) is 4.67. The molecule has 0 aliphatic heterocycles. The van der Waals surface area contributed by atoms with Gasteiger partial charge in [-0.15, -0.1) is 0 Å². The van der Waals surface area contributed by atoms with Crippen LogP contribution in [0, 0.1) is 6.92 Å². The maximum atomic E-state index is 12.6. The second-order valence-electron chi connectivity index (χ2n) is 7.05. The quantitative estimate of drug-likeness (QED) is 0.385. The lowest BCUT2D eigenvalue weighted by atomic mass is 10.1. The van der Waals surface area contributed by atoms with Crippen LogP contribution in [0.15, 0.2) is 95.9 Å². The molecule has 31 heavy (non-hydrogen) atoms. The minimum atomic E-state index is -3.73. The number of sulfonamides is 1. The number of carbonyl (C=O) groups is 1. The van der Waals surface area contributed by atoms with Crippen molar-refractivity contribution in [2.75, 3.05) is 15.4 Å². The SMILES string of the molecule is Cc1ccccc1NS(=O)(=O)c1ccc(NC(=O)Nc2cccc3ccccc23)cc1. The third-order valence-corrected chi connectivity index (χ3v) is 6.23. The lowest BCUT2D eigenvalue weighted by Crippen LogP contribution is -2.19. The predicted molar refractivity (Wildman–Crippen MR) is 125 cm³/mol. The first-order valence-corrected chi connectivity index (χ1v) is 11.1. The number of hydrogen-bond donors (Lipinski definition) is 3. The molecule has 3 N–H and O–H groups in total. The highest BCUT2D eigenvalue weighted by Gasteiger charge is 2.15. The number of benzene rings is 4. The first-order chi connectivity index (χ1) is 14.9. The summed E-state index contributed by atoms with van der Waals surface area (Å²) >= 11 is 0. The summed E-state index contributed by atoms with van der Waals surface area (Å²) in [6.45, 7) is 1.83. The minimum Gasteiger partial charge on any atom is -0.308 e. The van der Waals surface area contributed by atoms with Gasteiger partial charge >= 0.3 is 6.03 Å². The highest BCUT2D eigenvalue weighted by molar-refractivity contribution is 7.92.